The van der Waals surface area contributed by atoms with Crippen molar-refractivity contribution in [2.45, 2.75) is 128 Å². The third-order valence-electron chi connectivity index (χ3n) is 7.90. The Morgan fingerprint density at radius 1 is 0.567 bits per heavy atom. The van der Waals surface area contributed by atoms with Gasteiger partial charge in [0.1, 0.15) is 0 Å². The highest BCUT2D eigenvalue weighted by molar-refractivity contribution is 8.07. The van der Waals surface area contributed by atoms with Crippen LogP contribution in [-0.4, -0.2) is 10.5 Å². The lowest BCUT2D eigenvalue weighted by atomic mass is 9.63. The number of allylic oxidation sites excluding steroid dienone is 4. The number of thioether (sulfide) groups is 2. The van der Waals surface area contributed by atoms with E-state index < -0.39 is 0 Å². The van der Waals surface area contributed by atoms with Crippen LogP contribution < -0.4 is 0 Å². The monoisotopic (exact) mass is 448 g/mol. The van der Waals surface area contributed by atoms with Crippen LogP contribution in [0.25, 0.3) is 0 Å². The molecule has 0 nitrogen and oxygen atoms in total. The molecule has 3 rings (SSSR count). The molecular weight excluding hydrogens is 400 g/mol. The largest absolute Gasteiger partial charge is 0.126 e. The molecule has 6 atom stereocenters. The smallest absolute Gasteiger partial charge is 0.0285 e. The van der Waals surface area contributed by atoms with Gasteiger partial charge in [0.25, 0.3) is 0 Å². The molecule has 0 saturated heterocycles. The van der Waals surface area contributed by atoms with Gasteiger partial charge in [-0.25, -0.2) is 0 Å². The summed E-state index contributed by atoms with van der Waals surface area (Å²) in [5, 5.41) is 1.69. The summed E-state index contributed by atoms with van der Waals surface area (Å²) in [4.78, 5) is 3.23. The summed E-state index contributed by atoms with van der Waals surface area (Å²) < 4.78 is 0. The summed E-state index contributed by atoms with van der Waals surface area (Å²) >= 11 is 4.46. The number of fused-ring (bicyclic) bond motifs is 3. The van der Waals surface area contributed by atoms with E-state index in [-0.39, 0.29) is 0 Å². The molecule has 2 heteroatoms. The molecule has 1 fully saturated rings. The molecule has 2 heterocycles. The summed E-state index contributed by atoms with van der Waals surface area (Å²) in [6.45, 7) is 9.41. The molecule has 0 amide bonds. The minimum Gasteiger partial charge on any atom is -0.126 e. The second kappa shape index (κ2) is 13.0. The van der Waals surface area contributed by atoms with Crippen LogP contribution in [0.3, 0.4) is 0 Å². The van der Waals surface area contributed by atoms with Crippen molar-refractivity contribution >= 4 is 23.5 Å². The van der Waals surface area contributed by atoms with Crippen LogP contribution >= 0.6 is 23.5 Å². The molecule has 3 aliphatic rings. The molecule has 1 saturated carbocycles. The van der Waals surface area contributed by atoms with Gasteiger partial charge in [-0.2, -0.15) is 0 Å². The molecule has 0 aromatic rings. The van der Waals surface area contributed by atoms with Crippen LogP contribution in [0.5, 0.6) is 0 Å². The highest BCUT2D eigenvalue weighted by Crippen LogP contribution is 2.60. The molecule has 0 N–H and O–H groups in total. The van der Waals surface area contributed by atoms with Gasteiger partial charge in [-0.1, -0.05) is 103 Å². The van der Waals surface area contributed by atoms with Crippen molar-refractivity contribution in [2.24, 2.45) is 23.7 Å². The first-order chi connectivity index (χ1) is 14.7. The van der Waals surface area contributed by atoms with Crippen LogP contribution in [0.1, 0.15) is 118 Å². The molecule has 30 heavy (non-hydrogen) atoms. The average Bonchev–Trinajstić information content (AvgIpc) is 3.30. The summed E-state index contributed by atoms with van der Waals surface area (Å²) in [5.41, 5.74) is 0. The Morgan fingerprint density at radius 2 is 0.933 bits per heavy atom. The lowest BCUT2D eigenvalue weighted by Crippen LogP contribution is -2.46. The molecular formula is C28H48S2. The van der Waals surface area contributed by atoms with E-state index in [1.807, 2.05) is 0 Å². The highest BCUT2D eigenvalue weighted by atomic mass is 32.2. The molecule has 0 bridgehead atoms. The van der Waals surface area contributed by atoms with Gasteiger partial charge >= 0.3 is 0 Å². The molecule has 6 unspecified atom stereocenters. The summed E-state index contributed by atoms with van der Waals surface area (Å²) in [7, 11) is 0. The maximum Gasteiger partial charge on any atom is 0.0285 e. The van der Waals surface area contributed by atoms with Gasteiger partial charge in [-0.05, 0) is 60.2 Å². The normalized spacial score (nSPS) is 32.7. The minimum absolute atomic E-state index is 0.847. The van der Waals surface area contributed by atoms with Gasteiger partial charge in [-0.3, -0.25) is 0 Å². The third kappa shape index (κ3) is 6.60. The SMILES string of the molecule is CCCCCCCCC1C2C=C(C)SC2C2SC(C)=CC2C1CCCCCCCC. The first-order valence-corrected chi connectivity index (χ1v) is 15.1. The van der Waals surface area contributed by atoms with E-state index in [9.17, 15) is 0 Å². The lowest BCUT2D eigenvalue weighted by molar-refractivity contribution is 0.130. The van der Waals surface area contributed by atoms with Gasteiger partial charge in [0.05, 0.1) is 0 Å². The molecule has 172 valence electrons. The van der Waals surface area contributed by atoms with Crippen molar-refractivity contribution in [3.05, 3.63) is 22.0 Å². The van der Waals surface area contributed by atoms with Crippen molar-refractivity contribution in [1.29, 1.82) is 0 Å². The van der Waals surface area contributed by atoms with E-state index in [1.54, 1.807) is 9.81 Å². The second-order valence-electron chi connectivity index (χ2n) is 10.3. The minimum atomic E-state index is 0.847. The Bertz CT molecular complexity index is 513. The van der Waals surface area contributed by atoms with E-state index >= 15 is 0 Å². The molecule has 0 aromatic carbocycles. The zero-order valence-electron chi connectivity index (χ0n) is 20.3. The van der Waals surface area contributed by atoms with Crippen LogP contribution in [0.2, 0.25) is 0 Å². The zero-order valence-corrected chi connectivity index (χ0v) is 22.0. The number of hydrogen-bond acceptors (Lipinski definition) is 2. The predicted molar refractivity (Wildman–Crippen MR) is 140 cm³/mol. The fourth-order valence-corrected chi connectivity index (χ4v) is 9.58. The molecule has 0 aromatic heterocycles. The zero-order chi connectivity index (χ0) is 21.3. The first kappa shape index (κ1) is 24.8. The summed E-state index contributed by atoms with van der Waals surface area (Å²) in [6.07, 6.45) is 25.6. The highest BCUT2D eigenvalue weighted by Gasteiger charge is 2.52. The second-order valence-corrected chi connectivity index (χ2v) is 13.2. The van der Waals surface area contributed by atoms with Crippen molar-refractivity contribution < 1.29 is 0 Å². The number of rotatable bonds is 14. The Labute approximate surface area is 196 Å². The molecule has 1 aliphatic carbocycles. The molecule has 2 aliphatic heterocycles. The van der Waals surface area contributed by atoms with Crippen molar-refractivity contribution in [3.63, 3.8) is 0 Å². The van der Waals surface area contributed by atoms with Gasteiger partial charge in [0.15, 0.2) is 0 Å². The van der Waals surface area contributed by atoms with Gasteiger partial charge in [0.2, 0.25) is 0 Å². The van der Waals surface area contributed by atoms with Crippen LogP contribution in [-0.2, 0) is 0 Å². The Balaban J connectivity index is 1.62. The van der Waals surface area contributed by atoms with Crippen molar-refractivity contribution in [2.75, 3.05) is 0 Å². The summed E-state index contributed by atoms with van der Waals surface area (Å²) in [5.74, 6) is 3.57. The van der Waals surface area contributed by atoms with E-state index in [2.05, 4.69) is 63.4 Å². The first-order valence-electron chi connectivity index (χ1n) is 13.4. The van der Waals surface area contributed by atoms with Gasteiger partial charge in [0, 0.05) is 10.5 Å². The standard InChI is InChI=1S/C28H48S2/c1-5-7-9-11-13-15-17-23-24(18-16-14-12-10-8-6-2)26-20-22(4)30-28(26)27-25(23)19-21(3)29-27/h19-20,23-28H,5-18H2,1-4H3. The Kier molecular flexibility index (Phi) is 10.8. The number of unbranched alkanes of at least 4 members (excludes halogenated alkanes) is 10. The number of hydrogen-bond donors (Lipinski definition) is 0. The van der Waals surface area contributed by atoms with E-state index in [0.29, 0.717) is 0 Å². The molecule has 0 radical (unpaired) electrons. The third-order valence-corrected chi connectivity index (χ3v) is 10.8. The van der Waals surface area contributed by atoms with E-state index in [0.717, 1.165) is 34.2 Å². The maximum absolute atomic E-state index is 2.70. The molecule has 0 spiro atoms. The average molecular weight is 449 g/mol. The topological polar surface area (TPSA) is 0 Å². The van der Waals surface area contributed by atoms with Crippen molar-refractivity contribution in [1.82, 2.24) is 0 Å². The van der Waals surface area contributed by atoms with Crippen molar-refractivity contribution in [3.8, 4) is 0 Å². The van der Waals surface area contributed by atoms with Crippen LogP contribution in [0.15, 0.2) is 22.0 Å². The fourth-order valence-electron chi connectivity index (χ4n) is 6.41. The predicted octanol–water partition coefficient (Wildman–Crippen LogP) is 10.0. The van der Waals surface area contributed by atoms with E-state index in [4.69, 9.17) is 0 Å². The maximum atomic E-state index is 2.70. The lowest BCUT2D eigenvalue weighted by Gasteiger charge is -2.47. The Morgan fingerprint density at radius 3 is 1.33 bits per heavy atom. The quantitative estimate of drug-likeness (QED) is 0.242. The van der Waals surface area contributed by atoms with Crippen LogP contribution in [0.4, 0.5) is 0 Å². The fraction of sp³-hybridized carbons (Fsp3) is 0.857. The van der Waals surface area contributed by atoms with Gasteiger partial charge < -0.3 is 0 Å². The Hall–Kier alpha value is 0.180. The summed E-state index contributed by atoms with van der Waals surface area (Å²) in [6, 6.07) is 0. The van der Waals surface area contributed by atoms with Gasteiger partial charge in [-0.15, -0.1) is 23.5 Å². The van der Waals surface area contributed by atoms with E-state index in [1.165, 1.54) is 89.9 Å². The van der Waals surface area contributed by atoms with Crippen LogP contribution in [0, 0.1) is 23.7 Å².